The van der Waals surface area contributed by atoms with Gasteiger partial charge in [0.05, 0.1) is 18.5 Å². The van der Waals surface area contributed by atoms with E-state index in [1.807, 2.05) is 35.8 Å². The van der Waals surface area contributed by atoms with E-state index in [-0.39, 0.29) is 17.6 Å². The van der Waals surface area contributed by atoms with Gasteiger partial charge in [0.1, 0.15) is 6.04 Å². The van der Waals surface area contributed by atoms with Crippen LogP contribution in [0.2, 0.25) is 10.0 Å². The third kappa shape index (κ3) is 5.22. The molecule has 1 amide bonds. The van der Waals surface area contributed by atoms with Crippen molar-refractivity contribution in [2.24, 2.45) is 4.99 Å². The molecule has 2 aromatic carbocycles. The molecule has 0 fully saturated rings. The lowest BCUT2D eigenvalue weighted by molar-refractivity contribution is -0.140. The predicted molar refractivity (Wildman–Crippen MR) is 137 cm³/mol. The molecule has 4 rings (SSSR count). The predicted octanol–water partition coefficient (Wildman–Crippen LogP) is 5.58. The van der Waals surface area contributed by atoms with Crippen LogP contribution in [0.15, 0.2) is 52.6 Å². The topological polar surface area (TPSA) is 89.7 Å². The molecule has 1 aliphatic rings. The standard InChI is InChI=1S/C24H23Cl2N5O3S/c1-4-30(2)24(33)35-23-29-28-22-18(10-12-20(32)34-3)27-21(15-7-5-6-8-17(15)26)16-13-14(25)9-11-19(16)31(22)23/h5-9,11,13,18H,4,10,12H2,1-3H3/t18-/m0/s1. The van der Waals surface area contributed by atoms with Crippen LogP contribution in [0.3, 0.4) is 0 Å². The number of carbonyl (C=O) groups is 2. The van der Waals surface area contributed by atoms with Gasteiger partial charge in [-0.15, -0.1) is 10.2 Å². The summed E-state index contributed by atoms with van der Waals surface area (Å²) in [5.74, 6) is 0.152. The van der Waals surface area contributed by atoms with Crippen molar-refractivity contribution in [3.8, 4) is 5.69 Å². The molecule has 182 valence electrons. The number of hydrogen-bond acceptors (Lipinski definition) is 7. The van der Waals surface area contributed by atoms with E-state index in [2.05, 4.69) is 10.2 Å². The molecule has 3 aromatic rings. The second-order valence-corrected chi connectivity index (χ2v) is 9.57. The van der Waals surface area contributed by atoms with Crippen LogP contribution >= 0.6 is 35.0 Å². The van der Waals surface area contributed by atoms with Crippen molar-refractivity contribution in [2.45, 2.75) is 31.0 Å². The zero-order chi connectivity index (χ0) is 25.1. The van der Waals surface area contributed by atoms with Crippen molar-refractivity contribution in [3.05, 3.63) is 69.5 Å². The molecule has 0 saturated carbocycles. The summed E-state index contributed by atoms with van der Waals surface area (Å²) in [5, 5.41) is 9.99. The number of methoxy groups -OCH3 is 1. The normalized spacial score (nSPS) is 14.4. The number of fused-ring (bicyclic) bond motifs is 3. The van der Waals surface area contributed by atoms with Crippen molar-refractivity contribution >= 4 is 51.9 Å². The molecule has 1 aliphatic heterocycles. The average Bonchev–Trinajstić information content (AvgIpc) is 3.21. The van der Waals surface area contributed by atoms with E-state index in [9.17, 15) is 9.59 Å². The monoisotopic (exact) mass is 531 g/mol. The number of nitrogens with zero attached hydrogens (tertiary/aromatic N) is 5. The highest BCUT2D eigenvalue weighted by molar-refractivity contribution is 8.13. The van der Waals surface area contributed by atoms with E-state index >= 15 is 0 Å². The van der Waals surface area contributed by atoms with Gasteiger partial charge < -0.3 is 9.64 Å². The number of carbonyl (C=O) groups excluding carboxylic acids is 2. The van der Waals surface area contributed by atoms with E-state index < -0.39 is 6.04 Å². The number of benzene rings is 2. The molecule has 2 heterocycles. The van der Waals surface area contributed by atoms with Gasteiger partial charge in [-0.1, -0.05) is 41.4 Å². The minimum atomic E-state index is -0.549. The second-order valence-electron chi connectivity index (χ2n) is 7.81. The summed E-state index contributed by atoms with van der Waals surface area (Å²) >= 11 is 14.0. The Bertz CT molecular complexity index is 1310. The van der Waals surface area contributed by atoms with E-state index in [4.69, 9.17) is 32.9 Å². The van der Waals surface area contributed by atoms with Crippen LogP contribution in [0.1, 0.15) is 42.8 Å². The number of amides is 1. The van der Waals surface area contributed by atoms with Crippen LogP contribution in [0.25, 0.3) is 5.69 Å². The SMILES string of the molecule is CCN(C)C(=O)Sc1nnc2n1-c1ccc(Cl)cc1C(c1ccccc1Cl)=N[C@H]2CCC(=O)OC. The highest BCUT2D eigenvalue weighted by Crippen LogP contribution is 2.37. The van der Waals surface area contributed by atoms with Gasteiger partial charge in [0, 0.05) is 52.9 Å². The van der Waals surface area contributed by atoms with Gasteiger partial charge in [0.25, 0.3) is 5.24 Å². The molecule has 8 nitrogen and oxygen atoms in total. The summed E-state index contributed by atoms with van der Waals surface area (Å²) in [6, 6.07) is 12.3. The molecule has 1 atom stereocenters. The van der Waals surface area contributed by atoms with Crippen molar-refractivity contribution in [1.82, 2.24) is 19.7 Å². The first-order chi connectivity index (χ1) is 16.8. The number of ether oxygens (including phenoxy) is 1. The second kappa shape index (κ2) is 10.8. The molecule has 11 heteroatoms. The number of esters is 1. The summed E-state index contributed by atoms with van der Waals surface area (Å²) in [6.07, 6.45) is 0.457. The van der Waals surface area contributed by atoms with Crippen LogP contribution in [0, 0.1) is 0 Å². The third-order valence-corrected chi connectivity index (χ3v) is 7.14. The smallest absolute Gasteiger partial charge is 0.305 e. The number of aromatic nitrogens is 3. The van der Waals surface area contributed by atoms with Crippen molar-refractivity contribution in [3.63, 3.8) is 0 Å². The van der Waals surface area contributed by atoms with Gasteiger partial charge in [-0.25, -0.2) is 0 Å². The van der Waals surface area contributed by atoms with Crippen LogP contribution in [0.4, 0.5) is 4.79 Å². The summed E-state index contributed by atoms with van der Waals surface area (Å²) in [7, 11) is 3.07. The van der Waals surface area contributed by atoms with Crippen molar-refractivity contribution in [1.29, 1.82) is 0 Å². The largest absolute Gasteiger partial charge is 0.469 e. The maximum Gasteiger partial charge on any atom is 0.305 e. The number of rotatable bonds is 6. The Balaban J connectivity index is 1.93. The van der Waals surface area contributed by atoms with Gasteiger partial charge in [-0.05, 0) is 37.6 Å². The van der Waals surface area contributed by atoms with E-state index in [0.29, 0.717) is 51.0 Å². The van der Waals surface area contributed by atoms with Gasteiger partial charge in [0.2, 0.25) is 5.16 Å². The zero-order valence-electron chi connectivity index (χ0n) is 19.4. The molecule has 0 spiro atoms. The van der Waals surface area contributed by atoms with Crippen LogP contribution in [-0.4, -0.2) is 57.3 Å². The molecule has 0 N–H and O–H groups in total. The summed E-state index contributed by atoms with van der Waals surface area (Å²) in [4.78, 5) is 31.3. The molecule has 35 heavy (non-hydrogen) atoms. The highest BCUT2D eigenvalue weighted by Gasteiger charge is 2.31. The first kappa shape index (κ1) is 25.2. The Hall–Kier alpha value is -2.88. The first-order valence-electron chi connectivity index (χ1n) is 10.9. The Morgan fingerprint density at radius 1 is 1.14 bits per heavy atom. The lowest BCUT2D eigenvalue weighted by Crippen LogP contribution is -2.22. The van der Waals surface area contributed by atoms with Crippen molar-refractivity contribution in [2.75, 3.05) is 20.7 Å². The van der Waals surface area contributed by atoms with E-state index in [1.165, 1.54) is 7.11 Å². The first-order valence-corrected chi connectivity index (χ1v) is 12.5. The molecular formula is C24H23Cl2N5O3S. The van der Waals surface area contributed by atoms with Gasteiger partial charge in [-0.3, -0.25) is 19.1 Å². The molecule has 0 radical (unpaired) electrons. The minimum absolute atomic E-state index is 0.129. The minimum Gasteiger partial charge on any atom is -0.469 e. The fourth-order valence-electron chi connectivity index (χ4n) is 3.67. The van der Waals surface area contributed by atoms with E-state index in [1.54, 1.807) is 30.1 Å². The van der Waals surface area contributed by atoms with Crippen molar-refractivity contribution < 1.29 is 14.3 Å². The molecule has 1 aromatic heterocycles. The summed E-state index contributed by atoms with van der Waals surface area (Å²) < 4.78 is 6.65. The highest BCUT2D eigenvalue weighted by atomic mass is 35.5. The Morgan fingerprint density at radius 3 is 2.63 bits per heavy atom. The molecular weight excluding hydrogens is 509 g/mol. The average molecular weight is 532 g/mol. The number of aliphatic imine (C=N–C) groups is 1. The van der Waals surface area contributed by atoms with Crippen LogP contribution in [0.5, 0.6) is 0 Å². The Morgan fingerprint density at radius 2 is 1.91 bits per heavy atom. The molecule has 0 aliphatic carbocycles. The lowest BCUT2D eigenvalue weighted by atomic mass is 10.00. The third-order valence-electron chi connectivity index (χ3n) is 5.64. The number of thioether (sulfide) groups is 1. The summed E-state index contributed by atoms with van der Waals surface area (Å²) in [6.45, 7) is 2.45. The number of hydrogen-bond donors (Lipinski definition) is 0. The van der Waals surface area contributed by atoms with Crippen LogP contribution in [-0.2, 0) is 9.53 Å². The fraction of sp³-hybridized carbons (Fsp3) is 0.292. The maximum absolute atomic E-state index is 12.7. The maximum atomic E-state index is 12.7. The Kier molecular flexibility index (Phi) is 7.78. The molecule has 0 saturated heterocycles. The molecule has 0 unspecified atom stereocenters. The van der Waals surface area contributed by atoms with Gasteiger partial charge in [0.15, 0.2) is 5.82 Å². The summed E-state index contributed by atoms with van der Waals surface area (Å²) in [5.41, 5.74) is 2.75. The van der Waals surface area contributed by atoms with E-state index in [0.717, 1.165) is 17.3 Å². The van der Waals surface area contributed by atoms with Gasteiger partial charge >= 0.3 is 5.97 Å². The van der Waals surface area contributed by atoms with Crippen LogP contribution < -0.4 is 0 Å². The fourth-order valence-corrected chi connectivity index (χ4v) is 4.87. The zero-order valence-corrected chi connectivity index (χ0v) is 21.7. The lowest BCUT2D eigenvalue weighted by Gasteiger charge is -2.16. The molecule has 0 bridgehead atoms. The Labute approximate surface area is 217 Å². The quantitative estimate of drug-likeness (QED) is 0.304. The van der Waals surface area contributed by atoms with Gasteiger partial charge in [-0.2, -0.15) is 0 Å². The number of halogens is 2.